The van der Waals surface area contributed by atoms with Crippen LogP contribution in [0.2, 0.25) is 0 Å². The molecule has 0 saturated heterocycles. The molecule has 0 bridgehead atoms. The zero-order valence-electron chi connectivity index (χ0n) is 8.44. The van der Waals surface area contributed by atoms with Crippen LogP contribution in [0.15, 0.2) is 24.4 Å². The fourth-order valence-corrected chi connectivity index (χ4v) is 1.54. The monoisotopic (exact) mass is 190 g/mol. The van der Waals surface area contributed by atoms with E-state index in [2.05, 4.69) is 18.9 Å². The molecule has 0 aliphatic rings. The van der Waals surface area contributed by atoms with Crippen LogP contribution in [0.25, 0.3) is 10.9 Å². The second-order valence-electron chi connectivity index (χ2n) is 3.95. The molecule has 0 fully saturated rings. The molecule has 1 aromatic carbocycles. The van der Waals surface area contributed by atoms with E-state index in [0.29, 0.717) is 11.7 Å². The molecule has 1 N–H and O–H groups in total. The second kappa shape index (κ2) is 3.33. The van der Waals surface area contributed by atoms with Crippen LogP contribution in [-0.2, 0) is 6.54 Å². The van der Waals surface area contributed by atoms with Crippen molar-refractivity contribution in [1.82, 2.24) is 9.78 Å². The Bertz CT molecular complexity index is 445. The number of phenolic OH excluding ortho intramolecular Hbond substituents is 1. The Kier molecular flexibility index (Phi) is 2.15. The van der Waals surface area contributed by atoms with E-state index < -0.39 is 0 Å². The molecule has 2 aromatic rings. The van der Waals surface area contributed by atoms with Crippen molar-refractivity contribution in [3.63, 3.8) is 0 Å². The Hall–Kier alpha value is -1.51. The minimum atomic E-state index is 0.303. The lowest BCUT2D eigenvalue weighted by molar-refractivity contribution is 0.478. The number of hydrogen-bond donors (Lipinski definition) is 1. The molecule has 14 heavy (non-hydrogen) atoms. The number of benzene rings is 1. The number of fused-ring (bicyclic) bond motifs is 1. The van der Waals surface area contributed by atoms with Crippen molar-refractivity contribution in [2.45, 2.75) is 20.4 Å². The van der Waals surface area contributed by atoms with Crippen molar-refractivity contribution >= 4 is 10.9 Å². The molecule has 0 amide bonds. The first-order chi connectivity index (χ1) is 6.66. The first kappa shape index (κ1) is 9.06. The summed E-state index contributed by atoms with van der Waals surface area (Å²) in [6, 6.07) is 5.40. The SMILES string of the molecule is CC(C)Cn1cc2c(O)cccc2n1. The van der Waals surface area contributed by atoms with Crippen molar-refractivity contribution in [2.24, 2.45) is 5.92 Å². The van der Waals surface area contributed by atoms with E-state index in [0.717, 1.165) is 17.4 Å². The third kappa shape index (κ3) is 1.58. The lowest BCUT2D eigenvalue weighted by Gasteiger charge is -2.02. The van der Waals surface area contributed by atoms with Gasteiger partial charge < -0.3 is 5.11 Å². The summed E-state index contributed by atoms with van der Waals surface area (Å²) in [6.45, 7) is 5.17. The maximum atomic E-state index is 9.57. The van der Waals surface area contributed by atoms with E-state index in [1.165, 1.54) is 0 Å². The third-order valence-corrected chi connectivity index (χ3v) is 2.13. The number of phenols is 1. The molecule has 0 spiro atoms. The lowest BCUT2D eigenvalue weighted by Crippen LogP contribution is -2.04. The molecule has 0 aliphatic carbocycles. The molecule has 0 saturated carbocycles. The zero-order valence-corrected chi connectivity index (χ0v) is 8.44. The van der Waals surface area contributed by atoms with E-state index in [4.69, 9.17) is 0 Å². The quantitative estimate of drug-likeness (QED) is 0.789. The van der Waals surface area contributed by atoms with Crippen LogP contribution in [0.4, 0.5) is 0 Å². The van der Waals surface area contributed by atoms with Gasteiger partial charge in [0.05, 0.1) is 10.9 Å². The van der Waals surface area contributed by atoms with E-state index in [1.807, 2.05) is 23.0 Å². The largest absolute Gasteiger partial charge is 0.507 e. The van der Waals surface area contributed by atoms with Crippen LogP contribution in [0, 0.1) is 5.92 Å². The van der Waals surface area contributed by atoms with Gasteiger partial charge >= 0.3 is 0 Å². The van der Waals surface area contributed by atoms with E-state index in [-0.39, 0.29) is 0 Å². The van der Waals surface area contributed by atoms with Crippen molar-refractivity contribution in [3.05, 3.63) is 24.4 Å². The number of rotatable bonds is 2. The molecule has 0 unspecified atom stereocenters. The fraction of sp³-hybridized carbons (Fsp3) is 0.364. The average Bonchev–Trinajstić information content (AvgIpc) is 2.47. The summed E-state index contributed by atoms with van der Waals surface area (Å²) < 4.78 is 1.88. The van der Waals surface area contributed by atoms with E-state index >= 15 is 0 Å². The van der Waals surface area contributed by atoms with Gasteiger partial charge in [-0.25, -0.2) is 0 Å². The van der Waals surface area contributed by atoms with Gasteiger partial charge in [0.15, 0.2) is 0 Å². The maximum absolute atomic E-state index is 9.57. The number of hydrogen-bond acceptors (Lipinski definition) is 2. The average molecular weight is 190 g/mol. The summed E-state index contributed by atoms with van der Waals surface area (Å²) in [7, 11) is 0. The van der Waals surface area contributed by atoms with E-state index in [1.54, 1.807) is 6.07 Å². The highest BCUT2D eigenvalue weighted by Crippen LogP contribution is 2.22. The molecule has 0 atom stereocenters. The van der Waals surface area contributed by atoms with Crippen LogP contribution >= 0.6 is 0 Å². The summed E-state index contributed by atoms with van der Waals surface area (Å²) in [4.78, 5) is 0. The van der Waals surface area contributed by atoms with Gasteiger partial charge in [-0.15, -0.1) is 0 Å². The minimum absolute atomic E-state index is 0.303. The molecule has 0 radical (unpaired) electrons. The summed E-state index contributed by atoms with van der Waals surface area (Å²) in [5.41, 5.74) is 0.852. The van der Waals surface area contributed by atoms with Crippen LogP contribution in [-0.4, -0.2) is 14.9 Å². The molecule has 3 nitrogen and oxygen atoms in total. The predicted molar refractivity (Wildman–Crippen MR) is 56.2 cm³/mol. The summed E-state index contributed by atoms with van der Waals surface area (Å²) in [5.74, 6) is 0.865. The maximum Gasteiger partial charge on any atom is 0.126 e. The van der Waals surface area contributed by atoms with Gasteiger partial charge in [-0.1, -0.05) is 19.9 Å². The molecule has 1 heterocycles. The first-order valence-electron chi connectivity index (χ1n) is 4.82. The van der Waals surface area contributed by atoms with Crippen molar-refractivity contribution in [3.8, 4) is 5.75 Å². The van der Waals surface area contributed by atoms with Crippen LogP contribution < -0.4 is 0 Å². The molecular weight excluding hydrogens is 176 g/mol. The Morgan fingerprint density at radius 3 is 2.86 bits per heavy atom. The fourth-order valence-electron chi connectivity index (χ4n) is 1.54. The zero-order chi connectivity index (χ0) is 10.1. The highest BCUT2D eigenvalue weighted by Gasteiger charge is 2.04. The molecule has 3 heteroatoms. The van der Waals surface area contributed by atoms with Gasteiger partial charge in [0.2, 0.25) is 0 Å². The van der Waals surface area contributed by atoms with Gasteiger partial charge in [-0.2, -0.15) is 5.10 Å². The highest BCUT2D eigenvalue weighted by atomic mass is 16.3. The normalized spacial score (nSPS) is 11.4. The standard InChI is InChI=1S/C11H14N2O/c1-8(2)6-13-7-9-10(12-13)4-3-5-11(9)14/h3-5,7-8,14H,6H2,1-2H3. The van der Waals surface area contributed by atoms with Crippen LogP contribution in [0.3, 0.4) is 0 Å². The topological polar surface area (TPSA) is 38.0 Å². The van der Waals surface area contributed by atoms with E-state index in [9.17, 15) is 5.11 Å². The third-order valence-electron chi connectivity index (χ3n) is 2.13. The number of aromatic nitrogens is 2. The van der Waals surface area contributed by atoms with Crippen LogP contribution in [0.5, 0.6) is 5.75 Å². The summed E-state index contributed by atoms with van der Waals surface area (Å²) in [6.07, 6.45) is 1.89. The lowest BCUT2D eigenvalue weighted by atomic mass is 10.2. The highest BCUT2D eigenvalue weighted by molar-refractivity contribution is 5.84. The predicted octanol–water partition coefficient (Wildman–Crippen LogP) is 2.40. The van der Waals surface area contributed by atoms with Crippen molar-refractivity contribution in [1.29, 1.82) is 0 Å². The van der Waals surface area contributed by atoms with Crippen molar-refractivity contribution in [2.75, 3.05) is 0 Å². The molecule has 74 valence electrons. The van der Waals surface area contributed by atoms with Gasteiger partial charge in [-0.3, -0.25) is 4.68 Å². The van der Waals surface area contributed by atoms with Crippen LogP contribution in [0.1, 0.15) is 13.8 Å². The Balaban J connectivity index is 2.46. The van der Waals surface area contributed by atoms with Gasteiger partial charge in [0.1, 0.15) is 5.75 Å². The Morgan fingerprint density at radius 2 is 2.21 bits per heavy atom. The Morgan fingerprint density at radius 1 is 1.43 bits per heavy atom. The summed E-state index contributed by atoms with van der Waals surface area (Å²) >= 11 is 0. The first-order valence-corrected chi connectivity index (χ1v) is 4.82. The molecule has 1 aromatic heterocycles. The van der Waals surface area contributed by atoms with Gasteiger partial charge in [0, 0.05) is 12.7 Å². The van der Waals surface area contributed by atoms with Crippen molar-refractivity contribution < 1.29 is 5.11 Å². The molecular formula is C11H14N2O. The van der Waals surface area contributed by atoms with Gasteiger partial charge in [-0.05, 0) is 18.1 Å². The number of aromatic hydroxyl groups is 1. The summed E-state index contributed by atoms with van der Waals surface area (Å²) in [5, 5.41) is 14.8. The minimum Gasteiger partial charge on any atom is -0.507 e. The van der Waals surface area contributed by atoms with Gasteiger partial charge in [0.25, 0.3) is 0 Å². The number of nitrogens with zero attached hydrogens (tertiary/aromatic N) is 2. The second-order valence-corrected chi connectivity index (χ2v) is 3.95. The molecule has 2 rings (SSSR count). The Labute approximate surface area is 83.0 Å². The smallest absolute Gasteiger partial charge is 0.126 e. The molecule has 0 aliphatic heterocycles.